The van der Waals surface area contributed by atoms with Crippen LogP contribution in [0.25, 0.3) is 0 Å². The summed E-state index contributed by atoms with van der Waals surface area (Å²) < 4.78 is 71.7. The van der Waals surface area contributed by atoms with E-state index in [2.05, 4.69) is 4.74 Å². The monoisotopic (exact) mass is 1150 g/mol. The van der Waals surface area contributed by atoms with Crippen LogP contribution < -0.4 is 0 Å². The molecule has 25 unspecified atom stereocenters. The van der Waals surface area contributed by atoms with Crippen molar-refractivity contribution in [3.05, 3.63) is 0 Å². The summed E-state index contributed by atoms with van der Waals surface area (Å²) in [6, 6.07) is 0. The lowest BCUT2D eigenvalue weighted by Crippen LogP contribution is -2.61. The van der Waals surface area contributed by atoms with Gasteiger partial charge in [0, 0.05) is 48.5 Å². The first-order chi connectivity index (χ1) is 36.9. The van der Waals surface area contributed by atoms with Crippen molar-refractivity contribution >= 4 is 41.8 Å². The zero-order valence-electron chi connectivity index (χ0n) is 44.4. The van der Waals surface area contributed by atoms with E-state index in [9.17, 15) is 54.0 Å². The minimum atomic E-state index is -1.57. The van der Waals surface area contributed by atoms with E-state index in [0.717, 1.165) is 20.8 Å². The zero-order chi connectivity index (χ0) is 59.9. The van der Waals surface area contributed by atoms with E-state index >= 15 is 0 Å². The molecule has 33 nitrogen and oxygen atoms in total. The maximum Gasteiger partial charge on any atom is 0.305 e. The van der Waals surface area contributed by atoms with Gasteiger partial charge in [0.05, 0.1) is 25.9 Å². The number of ether oxygens (including phenoxy) is 14. The number of carbonyl (C=O) groups is 7. The van der Waals surface area contributed by atoms with Gasteiger partial charge in [-0.25, -0.2) is 0 Å². The number of fused-ring (bicyclic) bond motifs is 4. The average molecular weight is 1160 g/mol. The van der Waals surface area contributed by atoms with Gasteiger partial charge in [0.2, 0.25) is 12.4 Å². The maximum absolute atomic E-state index is 11.4. The fourth-order valence-electron chi connectivity index (χ4n) is 8.49. The highest BCUT2D eigenvalue weighted by Crippen LogP contribution is 2.35. The van der Waals surface area contributed by atoms with Gasteiger partial charge in [-0.1, -0.05) is 13.8 Å². The molecular formula is C46H74O33. The molecule has 456 valence electrons. The Kier molecular flexibility index (Phi) is 27.6. The van der Waals surface area contributed by atoms with Gasteiger partial charge < -0.3 is 128 Å². The Bertz CT molecular complexity index is 1880. The van der Waals surface area contributed by atoms with Crippen LogP contribution in [0.5, 0.6) is 0 Å². The summed E-state index contributed by atoms with van der Waals surface area (Å²) in [7, 11) is 0. The predicted octanol–water partition coefficient (Wildman–Crippen LogP) is -7.18. The van der Waals surface area contributed by atoms with Crippen LogP contribution in [-0.2, 0) is 99.9 Å². The first-order valence-corrected chi connectivity index (χ1v) is 24.7. The minimum Gasteiger partial charge on any atom is -0.456 e. The van der Waals surface area contributed by atoms with Crippen LogP contribution in [0.3, 0.4) is 0 Å². The van der Waals surface area contributed by atoms with Crippen molar-refractivity contribution in [2.45, 2.75) is 229 Å². The van der Waals surface area contributed by atoms with Crippen LogP contribution in [0, 0.1) is 0 Å². The first-order valence-electron chi connectivity index (χ1n) is 24.7. The van der Waals surface area contributed by atoms with Crippen LogP contribution in [0.4, 0.5) is 0 Å². The molecule has 4 bridgehead atoms. The minimum absolute atomic E-state index is 0.165. The summed E-state index contributed by atoms with van der Waals surface area (Å²) in [5.74, 6) is -4.37. The molecular weight excluding hydrogens is 1080 g/mol. The first kappa shape index (κ1) is 68.8. The SMILES string of the molecule is CC(=O)OC1C2COC(O2)C(OC(C)=O)C1OC(C)=O.CCC1OC(O)C(O)C(O)C1O.CCC1OC(OC(C)=O)C(OC(C)=O)C(OC(C)=O)C1OC(C)=O.OC1C2COC(O2)C(O)C1O.OCC1OC(O)C(O)C(O)C1O. The molecule has 7 aliphatic rings. The molecule has 0 aromatic carbocycles. The van der Waals surface area contributed by atoms with Crippen LogP contribution in [-0.4, -0.2) is 276 Å². The molecule has 79 heavy (non-hydrogen) atoms. The molecule has 7 aliphatic heterocycles. The summed E-state index contributed by atoms with van der Waals surface area (Å²) in [5.41, 5.74) is 0. The average Bonchev–Trinajstić information content (AvgIpc) is 4.14. The topological polar surface area (TPSA) is 491 Å². The van der Waals surface area contributed by atoms with Crippen molar-refractivity contribution in [3.63, 3.8) is 0 Å². The lowest BCUT2D eigenvalue weighted by Gasteiger charge is -2.43. The highest BCUT2D eigenvalue weighted by atomic mass is 16.8. The fourth-order valence-corrected chi connectivity index (χ4v) is 8.49. The summed E-state index contributed by atoms with van der Waals surface area (Å²) in [5, 5.41) is 109. The Balaban J connectivity index is 0.000000269. The second kappa shape index (κ2) is 31.7. The number of hydrogen-bond donors (Lipinski definition) is 12. The highest BCUT2D eigenvalue weighted by molar-refractivity contribution is 5.70. The number of esters is 7. The van der Waals surface area contributed by atoms with Crippen LogP contribution in [0.2, 0.25) is 0 Å². The third-order valence-electron chi connectivity index (χ3n) is 12.2. The number of rotatable bonds is 10. The maximum atomic E-state index is 11.4. The highest BCUT2D eigenvalue weighted by Gasteiger charge is 2.57. The molecule has 0 spiro atoms. The molecule has 25 atom stereocenters. The van der Waals surface area contributed by atoms with E-state index in [1.54, 1.807) is 13.8 Å². The largest absolute Gasteiger partial charge is 0.456 e. The Morgan fingerprint density at radius 1 is 0.354 bits per heavy atom. The molecule has 12 N–H and O–H groups in total. The molecule has 7 fully saturated rings. The van der Waals surface area contributed by atoms with Gasteiger partial charge in [0.25, 0.3) is 0 Å². The summed E-state index contributed by atoms with van der Waals surface area (Å²) in [6.45, 7) is 11.7. The van der Waals surface area contributed by atoms with Gasteiger partial charge in [0.15, 0.2) is 55.7 Å². The molecule has 33 heteroatoms. The Hall–Kier alpha value is -4.47. The number of hydrogen-bond acceptors (Lipinski definition) is 33. The molecule has 7 rings (SSSR count). The quantitative estimate of drug-likeness (QED) is 0.0714. The van der Waals surface area contributed by atoms with E-state index in [4.69, 9.17) is 102 Å². The van der Waals surface area contributed by atoms with Gasteiger partial charge in [-0.2, -0.15) is 0 Å². The second-order valence-electron chi connectivity index (χ2n) is 18.4. The van der Waals surface area contributed by atoms with Crippen molar-refractivity contribution in [2.24, 2.45) is 0 Å². The van der Waals surface area contributed by atoms with Crippen molar-refractivity contribution < 1.29 is 161 Å². The third kappa shape index (κ3) is 19.3. The molecule has 0 saturated carbocycles. The summed E-state index contributed by atoms with van der Waals surface area (Å²) >= 11 is 0. The van der Waals surface area contributed by atoms with Crippen LogP contribution in [0.15, 0.2) is 0 Å². The van der Waals surface area contributed by atoms with Gasteiger partial charge in [-0.3, -0.25) is 33.6 Å². The second-order valence-corrected chi connectivity index (χ2v) is 18.4. The van der Waals surface area contributed by atoms with Crippen molar-refractivity contribution in [1.29, 1.82) is 0 Å². The van der Waals surface area contributed by atoms with Gasteiger partial charge >= 0.3 is 41.8 Å². The van der Waals surface area contributed by atoms with Crippen molar-refractivity contribution in [3.8, 4) is 0 Å². The Morgan fingerprint density at radius 2 is 0.722 bits per heavy atom. The molecule has 0 aromatic rings. The van der Waals surface area contributed by atoms with E-state index in [1.165, 1.54) is 27.7 Å². The van der Waals surface area contributed by atoms with E-state index in [-0.39, 0.29) is 13.2 Å². The third-order valence-corrected chi connectivity index (χ3v) is 12.2. The van der Waals surface area contributed by atoms with Crippen LogP contribution in [0.1, 0.15) is 75.2 Å². The van der Waals surface area contributed by atoms with Crippen molar-refractivity contribution in [1.82, 2.24) is 0 Å². The molecule has 0 amide bonds. The summed E-state index contributed by atoms with van der Waals surface area (Å²) in [4.78, 5) is 79.1. The van der Waals surface area contributed by atoms with Gasteiger partial charge in [-0.15, -0.1) is 0 Å². The van der Waals surface area contributed by atoms with E-state index in [1.807, 2.05) is 0 Å². The molecule has 0 aliphatic carbocycles. The Morgan fingerprint density at radius 3 is 1.19 bits per heavy atom. The molecule has 7 heterocycles. The number of carbonyl (C=O) groups excluding carboxylic acids is 7. The van der Waals surface area contributed by atoms with Crippen LogP contribution >= 0.6 is 0 Å². The lowest BCUT2D eigenvalue weighted by molar-refractivity contribution is -0.296. The zero-order valence-corrected chi connectivity index (χ0v) is 44.4. The predicted molar refractivity (Wildman–Crippen MR) is 246 cm³/mol. The standard InChI is InChI=1S/C15H22O9.C12H16O8.C7H14O5.C6H12O6.C6H10O5/c1-6-11-12(20-7(2)16)13(21-8(3)17)14(22-9(4)18)15(24-11)23-10(5)19;1-5(13)17-9-8-4-16-12(20-8)11(19-7(3)15)10(9)18-6(2)14;1-2-3-4(8)5(9)6(10)7(11)12-3;7-1-2-3(8)4(9)5(10)6(11)12-2;7-3-2-1-10-6(11-2)5(9)4(3)8/h11-15H,6H2,1-5H3;8-12H,4H2,1-3H3;3-11H,2H2,1H3;2-11H,1H2;2-9H,1H2. The molecule has 0 aromatic heterocycles. The smallest absolute Gasteiger partial charge is 0.305 e. The molecule has 0 radical (unpaired) electrons. The number of aliphatic hydroxyl groups is 12. The summed E-state index contributed by atoms with van der Waals surface area (Å²) in [6.07, 6.45) is -26.3. The number of aliphatic hydroxyl groups excluding tert-OH is 12. The van der Waals surface area contributed by atoms with Gasteiger partial charge in [-0.05, 0) is 12.8 Å². The normalized spacial score (nSPS) is 40.6. The lowest BCUT2D eigenvalue weighted by atomic mass is 9.96. The van der Waals surface area contributed by atoms with E-state index < -0.39 is 202 Å². The van der Waals surface area contributed by atoms with E-state index in [0.29, 0.717) is 12.8 Å². The van der Waals surface area contributed by atoms with Gasteiger partial charge in [0.1, 0.15) is 79.4 Å². The molecule has 7 saturated heterocycles. The Labute approximate surface area is 450 Å². The van der Waals surface area contributed by atoms with Crippen molar-refractivity contribution in [2.75, 3.05) is 19.8 Å². The fraction of sp³-hybridized carbons (Fsp3) is 0.848.